The zero-order valence-corrected chi connectivity index (χ0v) is 11.6. The molecule has 2 nitrogen and oxygen atoms in total. The molecule has 0 heterocycles. The average molecular weight is 274 g/mol. The summed E-state index contributed by atoms with van der Waals surface area (Å²) in [6, 6.07) is 7.76. The first-order chi connectivity index (χ1) is 7.93. The smallest absolute Gasteiger partial charge is 0.235 e. The predicted molar refractivity (Wildman–Crippen MR) is 72.7 cm³/mol. The lowest BCUT2D eigenvalue weighted by molar-refractivity contribution is -0.120. The lowest BCUT2D eigenvalue weighted by atomic mass is 9.95. The number of benzene rings is 1. The van der Waals surface area contributed by atoms with Crippen molar-refractivity contribution in [1.29, 1.82) is 0 Å². The maximum absolute atomic E-state index is 11.2. The summed E-state index contributed by atoms with van der Waals surface area (Å²) in [5.41, 5.74) is 0.916. The Morgan fingerprint density at radius 2 is 2.12 bits per heavy atom. The van der Waals surface area contributed by atoms with Crippen LogP contribution in [0.5, 0.6) is 0 Å². The van der Waals surface area contributed by atoms with Crippen molar-refractivity contribution < 1.29 is 4.79 Å². The van der Waals surface area contributed by atoms with Gasteiger partial charge in [0.15, 0.2) is 0 Å². The van der Waals surface area contributed by atoms with Gasteiger partial charge in [-0.1, -0.05) is 23.7 Å². The Labute approximate surface area is 112 Å². The van der Waals surface area contributed by atoms with Crippen LogP contribution in [0.1, 0.15) is 25.8 Å². The average Bonchev–Trinajstić information content (AvgIpc) is 2.26. The van der Waals surface area contributed by atoms with E-state index in [4.69, 9.17) is 23.2 Å². The molecular weight excluding hydrogens is 257 g/mol. The molecule has 0 aliphatic carbocycles. The number of amides is 1. The second kappa shape index (κ2) is 6.27. The van der Waals surface area contributed by atoms with Crippen LogP contribution in [0.3, 0.4) is 0 Å². The molecular formula is C13H17Cl2NO. The maximum atomic E-state index is 11.2. The highest BCUT2D eigenvalue weighted by Crippen LogP contribution is 2.16. The molecule has 4 heteroatoms. The number of hydrogen-bond donors (Lipinski definition) is 1. The van der Waals surface area contributed by atoms with Crippen molar-refractivity contribution in [2.24, 2.45) is 0 Å². The van der Waals surface area contributed by atoms with Crippen molar-refractivity contribution in [3.05, 3.63) is 34.9 Å². The zero-order chi connectivity index (χ0) is 12.9. The molecule has 0 unspecified atom stereocenters. The van der Waals surface area contributed by atoms with E-state index in [0.717, 1.165) is 17.9 Å². The maximum Gasteiger partial charge on any atom is 0.235 e. The van der Waals surface area contributed by atoms with Crippen LogP contribution in [0.25, 0.3) is 0 Å². The highest BCUT2D eigenvalue weighted by Gasteiger charge is 2.19. The molecule has 94 valence electrons. The van der Waals surface area contributed by atoms with Crippen LogP contribution in [0.15, 0.2) is 24.3 Å². The first kappa shape index (κ1) is 14.3. The summed E-state index contributed by atoms with van der Waals surface area (Å²) in [5.74, 6) is -0.136. The van der Waals surface area contributed by atoms with Gasteiger partial charge in [0.2, 0.25) is 5.91 Å². The molecule has 0 saturated heterocycles. The minimum atomic E-state index is -0.256. The molecule has 0 radical (unpaired) electrons. The topological polar surface area (TPSA) is 29.1 Å². The molecule has 0 spiro atoms. The van der Waals surface area contributed by atoms with Gasteiger partial charge in [-0.15, -0.1) is 11.6 Å². The second-order valence-corrected chi connectivity index (χ2v) is 5.40. The number of alkyl halides is 1. The molecule has 1 N–H and O–H groups in total. The quantitative estimate of drug-likeness (QED) is 0.819. The van der Waals surface area contributed by atoms with Gasteiger partial charge >= 0.3 is 0 Å². The highest BCUT2D eigenvalue weighted by molar-refractivity contribution is 6.30. The van der Waals surface area contributed by atoms with E-state index in [2.05, 4.69) is 5.32 Å². The van der Waals surface area contributed by atoms with Gasteiger partial charge in [0.05, 0.1) is 0 Å². The molecule has 17 heavy (non-hydrogen) atoms. The van der Waals surface area contributed by atoms with Crippen molar-refractivity contribution in [1.82, 2.24) is 5.32 Å². The summed E-state index contributed by atoms with van der Waals surface area (Å²) in [6.07, 6.45) is 1.71. The SMILES string of the molecule is CC(C)(CCc1cccc(Cl)c1)NC(=O)CCl. The molecule has 0 aliphatic rings. The van der Waals surface area contributed by atoms with Gasteiger partial charge in [0.25, 0.3) is 0 Å². The predicted octanol–water partition coefficient (Wildman–Crippen LogP) is 3.41. The Morgan fingerprint density at radius 3 is 2.71 bits per heavy atom. The Hall–Kier alpha value is -0.730. The summed E-state index contributed by atoms with van der Waals surface area (Å²) in [4.78, 5) is 11.2. The molecule has 0 aliphatic heterocycles. The molecule has 1 aromatic rings. The summed E-state index contributed by atoms with van der Waals surface area (Å²) in [5, 5.41) is 3.63. The van der Waals surface area contributed by atoms with E-state index in [1.807, 2.05) is 38.1 Å². The monoisotopic (exact) mass is 273 g/mol. The number of aryl methyl sites for hydroxylation is 1. The number of hydrogen-bond acceptors (Lipinski definition) is 1. The van der Waals surface area contributed by atoms with Crippen molar-refractivity contribution in [3.63, 3.8) is 0 Å². The van der Waals surface area contributed by atoms with Gasteiger partial charge < -0.3 is 5.32 Å². The van der Waals surface area contributed by atoms with E-state index < -0.39 is 0 Å². The summed E-state index contributed by atoms with van der Waals surface area (Å²) >= 11 is 11.4. The lowest BCUT2D eigenvalue weighted by Crippen LogP contribution is -2.44. The van der Waals surface area contributed by atoms with E-state index in [1.165, 1.54) is 5.56 Å². The van der Waals surface area contributed by atoms with E-state index in [0.29, 0.717) is 0 Å². The van der Waals surface area contributed by atoms with Gasteiger partial charge in [-0.25, -0.2) is 0 Å². The van der Waals surface area contributed by atoms with Crippen LogP contribution in [0, 0.1) is 0 Å². The van der Waals surface area contributed by atoms with Crippen LogP contribution in [0.4, 0.5) is 0 Å². The Bertz CT molecular complexity index is 391. The largest absolute Gasteiger partial charge is 0.350 e. The number of carbonyl (C=O) groups excluding carboxylic acids is 1. The van der Waals surface area contributed by atoms with Gasteiger partial charge in [0, 0.05) is 10.6 Å². The fourth-order valence-electron chi connectivity index (χ4n) is 1.62. The highest BCUT2D eigenvalue weighted by atomic mass is 35.5. The van der Waals surface area contributed by atoms with Crippen molar-refractivity contribution in [3.8, 4) is 0 Å². The number of nitrogens with one attached hydrogen (secondary N) is 1. The Morgan fingerprint density at radius 1 is 1.41 bits per heavy atom. The minimum absolute atomic E-state index is 0.000590. The summed E-state index contributed by atoms with van der Waals surface area (Å²) < 4.78 is 0. The fraction of sp³-hybridized carbons (Fsp3) is 0.462. The normalized spacial score (nSPS) is 11.3. The molecule has 0 bridgehead atoms. The second-order valence-electron chi connectivity index (χ2n) is 4.70. The first-order valence-electron chi connectivity index (χ1n) is 5.54. The van der Waals surface area contributed by atoms with Crippen molar-refractivity contribution >= 4 is 29.1 Å². The van der Waals surface area contributed by atoms with Gasteiger partial charge in [-0.3, -0.25) is 4.79 Å². The van der Waals surface area contributed by atoms with Gasteiger partial charge in [-0.05, 0) is 44.4 Å². The third kappa shape index (κ3) is 5.42. The van der Waals surface area contributed by atoms with Crippen LogP contribution < -0.4 is 5.32 Å². The molecule has 0 saturated carbocycles. The molecule has 0 fully saturated rings. The molecule has 1 aromatic carbocycles. The van der Waals surface area contributed by atoms with Crippen molar-refractivity contribution in [2.45, 2.75) is 32.2 Å². The Kier molecular flexibility index (Phi) is 5.29. The van der Waals surface area contributed by atoms with Crippen LogP contribution >= 0.6 is 23.2 Å². The van der Waals surface area contributed by atoms with Crippen LogP contribution in [-0.4, -0.2) is 17.3 Å². The van der Waals surface area contributed by atoms with Gasteiger partial charge in [-0.2, -0.15) is 0 Å². The number of carbonyl (C=O) groups is 1. The zero-order valence-electron chi connectivity index (χ0n) is 10.1. The molecule has 1 amide bonds. The van der Waals surface area contributed by atoms with E-state index >= 15 is 0 Å². The summed E-state index contributed by atoms with van der Waals surface area (Å²) in [6.45, 7) is 3.98. The minimum Gasteiger partial charge on any atom is -0.350 e. The number of rotatable bonds is 5. The summed E-state index contributed by atoms with van der Waals surface area (Å²) in [7, 11) is 0. The Balaban J connectivity index is 2.52. The van der Waals surface area contributed by atoms with Gasteiger partial charge in [0.1, 0.15) is 5.88 Å². The third-order valence-corrected chi connectivity index (χ3v) is 3.00. The fourth-order valence-corrected chi connectivity index (χ4v) is 1.90. The van der Waals surface area contributed by atoms with E-state index in [-0.39, 0.29) is 17.3 Å². The molecule has 0 aromatic heterocycles. The standard InChI is InChI=1S/C13H17Cl2NO/c1-13(2,16-12(17)9-14)7-6-10-4-3-5-11(15)8-10/h3-5,8H,6-7,9H2,1-2H3,(H,16,17). The van der Waals surface area contributed by atoms with Crippen LogP contribution in [0.2, 0.25) is 5.02 Å². The third-order valence-electron chi connectivity index (χ3n) is 2.53. The van der Waals surface area contributed by atoms with E-state index in [9.17, 15) is 4.79 Å². The molecule has 1 rings (SSSR count). The first-order valence-corrected chi connectivity index (χ1v) is 6.45. The lowest BCUT2D eigenvalue weighted by Gasteiger charge is -2.26. The number of halogens is 2. The van der Waals surface area contributed by atoms with Crippen LogP contribution in [-0.2, 0) is 11.2 Å². The van der Waals surface area contributed by atoms with E-state index in [1.54, 1.807) is 0 Å². The van der Waals surface area contributed by atoms with Crippen molar-refractivity contribution in [2.75, 3.05) is 5.88 Å². The molecule has 0 atom stereocenters.